The second kappa shape index (κ2) is 3.30. The second-order valence-electron chi connectivity index (χ2n) is 2.36. The van der Waals surface area contributed by atoms with Crippen molar-refractivity contribution in [2.75, 3.05) is 0 Å². The molecule has 1 aromatic rings. The average Bonchev–Trinajstić information content (AvgIpc) is 2.18. The highest BCUT2D eigenvalue weighted by Gasteiger charge is 2.08. The average molecular weight is 166 g/mol. The summed E-state index contributed by atoms with van der Waals surface area (Å²) in [5.41, 5.74) is -0.475. The maximum Gasteiger partial charge on any atom is 0.160 e. The molecule has 0 saturated carbocycles. The zero-order valence-corrected chi connectivity index (χ0v) is 6.82. The molecule has 0 heterocycles. The number of benzene rings is 1. The normalized spacial score (nSPS) is 14.2. The summed E-state index contributed by atoms with van der Waals surface area (Å²) in [6, 6.07) is -1.92. The molecule has 2 heteroatoms. The lowest BCUT2D eigenvalue weighted by molar-refractivity contribution is 0.0981. The minimum atomic E-state index is -0.544. The Bertz CT molecular complexity index is 449. The molecule has 0 radical (unpaired) electrons. The monoisotopic (exact) mass is 166 g/mol. The molecule has 0 spiro atoms. The van der Waals surface area contributed by atoms with E-state index in [1.807, 2.05) is 0 Å². The molecule has 0 fully saturated rings. The van der Waals surface area contributed by atoms with Gasteiger partial charge < -0.3 is 0 Å². The highest BCUT2D eigenvalue weighted by atomic mass is 16.1. The van der Waals surface area contributed by atoms with Crippen molar-refractivity contribution in [3.63, 3.8) is 0 Å². The Balaban J connectivity index is 3.83. The molecule has 0 N–H and O–H groups in total. The van der Waals surface area contributed by atoms with Gasteiger partial charge in [-0.05, 0) is 13.8 Å². The van der Waals surface area contributed by atoms with Crippen molar-refractivity contribution in [1.29, 1.82) is 0 Å². The molecule has 0 unspecified atom stereocenters. The van der Waals surface area contributed by atoms with Gasteiger partial charge in [0.2, 0.25) is 0 Å². The van der Waals surface area contributed by atoms with Gasteiger partial charge in [0, 0.05) is 11.1 Å². The Morgan fingerprint density at radius 3 is 1.67 bits per heavy atom. The van der Waals surface area contributed by atoms with Crippen LogP contribution < -0.4 is 0 Å². The van der Waals surface area contributed by atoms with Crippen LogP contribution in [0.3, 0.4) is 0 Å². The Morgan fingerprint density at radius 2 is 1.42 bits per heavy atom. The first-order valence-electron chi connectivity index (χ1n) is 5.41. The van der Waals surface area contributed by atoms with E-state index in [9.17, 15) is 9.59 Å². The van der Waals surface area contributed by atoms with Crippen molar-refractivity contribution in [2.45, 2.75) is 13.8 Å². The molecule has 62 valence electrons. The van der Waals surface area contributed by atoms with Crippen LogP contribution in [0.5, 0.6) is 0 Å². The maximum atomic E-state index is 11.3. The molecule has 0 aromatic heterocycles. The molecule has 0 aliphatic rings. The summed E-state index contributed by atoms with van der Waals surface area (Å²) in [6.07, 6.45) is 0. The summed E-state index contributed by atoms with van der Waals surface area (Å²) < 4.78 is 29.9. The van der Waals surface area contributed by atoms with Gasteiger partial charge >= 0.3 is 0 Å². The van der Waals surface area contributed by atoms with E-state index in [1.165, 1.54) is 13.8 Å². The molecule has 0 aliphatic heterocycles. The van der Waals surface area contributed by atoms with Crippen molar-refractivity contribution in [2.24, 2.45) is 0 Å². The molecule has 2 nitrogen and oxygen atoms in total. The van der Waals surface area contributed by atoms with Gasteiger partial charge in [-0.25, -0.2) is 0 Å². The first kappa shape index (κ1) is 4.55. The van der Waals surface area contributed by atoms with E-state index in [1.54, 1.807) is 0 Å². The molecule has 0 atom stereocenters. The van der Waals surface area contributed by atoms with Crippen LogP contribution in [-0.2, 0) is 0 Å². The Kier molecular flexibility index (Phi) is 1.25. The van der Waals surface area contributed by atoms with E-state index in [-0.39, 0.29) is 11.1 Å². The van der Waals surface area contributed by atoms with Gasteiger partial charge in [0.1, 0.15) is 0 Å². The fraction of sp³-hybridized carbons (Fsp3) is 0.200. The van der Waals surface area contributed by atoms with Crippen LogP contribution in [0.15, 0.2) is 24.2 Å². The first-order chi connectivity index (χ1) is 7.29. The SMILES string of the molecule is [2H]c1c([2H])c([2H])c(C(C)=O)c(C(C)=O)c1[2H]. The van der Waals surface area contributed by atoms with Gasteiger partial charge in [0.15, 0.2) is 11.6 Å². The topological polar surface area (TPSA) is 34.1 Å². The third-order valence-electron chi connectivity index (χ3n) is 1.39. The van der Waals surface area contributed by atoms with Crippen molar-refractivity contribution in [3.05, 3.63) is 35.3 Å². The smallest absolute Gasteiger partial charge is 0.160 e. The minimum absolute atomic E-state index is 0.237. The minimum Gasteiger partial charge on any atom is -0.294 e. The van der Waals surface area contributed by atoms with Crippen LogP contribution in [0, 0.1) is 0 Å². The standard InChI is InChI=1S/C10H10O2/c1-7(11)9-5-3-4-6-10(9)8(2)12/h3-6H,1-2H3/i3D,4D,5D,6D. The molecule has 12 heavy (non-hydrogen) atoms. The molecule has 0 amide bonds. The largest absolute Gasteiger partial charge is 0.294 e. The van der Waals surface area contributed by atoms with Crippen LogP contribution in [0.2, 0.25) is 0 Å². The zero-order chi connectivity index (χ0) is 12.6. The Morgan fingerprint density at radius 1 is 1.08 bits per heavy atom. The van der Waals surface area contributed by atoms with E-state index in [0.717, 1.165) is 0 Å². The van der Waals surface area contributed by atoms with E-state index < -0.39 is 35.7 Å². The number of hydrogen-bond donors (Lipinski definition) is 0. The third-order valence-corrected chi connectivity index (χ3v) is 1.39. The van der Waals surface area contributed by atoms with Gasteiger partial charge in [-0.1, -0.05) is 24.2 Å². The van der Waals surface area contributed by atoms with Crippen molar-refractivity contribution >= 4 is 11.6 Å². The summed E-state index contributed by atoms with van der Waals surface area (Å²) in [4.78, 5) is 22.6. The van der Waals surface area contributed by atoms with Gasteiger partial charge in [0.25, 0.3) is 0 Å². The molecule has 1 rings (SSSR count). The summed E-state index contributed by atoms with van der Waals surface area (Å²) in [7, 11) is 0. The van der Waals surface area contributed by atoms with E-state index >= 15 is 0 Å². The van der Waals surface area contributed by atoms with Gasteiger partial charge in [-0.15, -0.1) is 0 Å². The quantitative estimate of drug-likeness (QED) is 0.630. The molecule has 0 bridgehead atoms. The van der Waals surface area contributed by atoms with Gasteiger partial charge in [0.05, 0.1) is 5.48 Å². The lowest BCUT2D eigenvalue weighted by Gasteiger charge is -2.00. The Hall–Kier alpha value is -1.44. The summed E-state index contributed by atoms with van der Waals surface area (Å²) in [5, 5.41) is 0. The van der Waals surface area contributed by atoms with Gasteiger partial charge in [-0.2, -0.15) is 0 Å². The lowest BCUT2D eigenvalue weighted by Crippen LogP contribution is -2.02. The number of rotatable bonds is 2. The Labute approximate surface area is 76.8 Å². The predicted molar refractivity (Wildman–Crippen MR) is 46.5 cm³/mol. The molecular formula is C10H10O2. The molecule has 0 aliphatic carbocycles. The summed E-state index contributed by atoms with van der Waals surface area (Å²) in [5.74, 6) is -1.09. The summed E-state index contributed by atoms with van der Waals surface area (Å²) >= 11 is 0. The van der Waals surface area contributed by atoms with Crippen LogP contribution in [0.4, 0.5) is 0 Å². The van der Waals surface area contributed by atoms with Crippen molar-refractivity contribution in [3.8, 4) is 0 Å². The molecule has 1 aromatic carbocycles. The first-order valence-corrected chi connectivity index (χ1v) is 3.41. The van der Waals surface area contributed by atoms with Crippen LogP contribution in [0.25, 0.3) is 0 Å². The highest BCUT2D eigenvalue weighted by Crippen LogP contribution is 2.09. The second-order valence-corrected chi connectivity index (χ2v) is 2.36. The number of ketones is 2. The van der Waals surface area contributed by atoms with Crippen LogP contribution >= 0.6 is 0 Å². The highest BCUT2D eigenvalue weighted by molar-refractivity contribution is 6.07. The number of carbonyl (C=O) groups excluding carboxylic acids is 2. The van der Waals surface area contributed by atoms with Crippen molar-refractivity contribution < 1.29 is 15.1 Å². The van der Waals surface area contributed by atoms with E-state index in [2.05, 4.69) is 0 Å². The maximum absolute atomic E-state index is 11.3. The fourth-order valence-corrected chi connectivity index (χ4v) is 0.841. The van der Waals surface area contributed by atoms with E-state index in [4.69, 9.17) is 5.48 Å². The predicted octanol–water partition coefficient (Wildman–Crippen LogP) is 2.09. The number of carbonyl (C=O) groups is 2. The van der Waals surface area contributed by atoms with Crippen molar-refractivity contribution in [1.82, 2.24) is 0 Å². The molecular weight excluding hydrogens is 152 g/mol. The van der Waals surface area contributed by atoms with Crippen LogP contribution in [0.1, 0.15) is 40.0 Å². The third kappa shape index (κ3) is 1.59. The van der Waals surface area contributed by atoms with Gasteiger partial charge in [-0.3, -0.25) is 9.59 Å². The summed E-state index contributed by atoms with van der Waals surface area (Å²) in [6.45, 7) is 2.34. The van der Waals surface area contributed by atoms with E-state index in [0.29, 0.717) is 0 Å². The number of hydrogen-bond acceptors (Lipinski definition) is 2. The van der Waals surface area contributed by atoms with Crippen LogP contribution in [-0.4, -0.2) is 11.6 Å². The fourth-order valence-electron chi connectivity index (χ4n) is 0.841. The molecule has 0 saturated heterocycles. The number of Topliss-reactive ketones (excluding diaryl/α,β-unsaturated/α-hetero) is 2. The lowest BCUT2D eigenvalue weighted by atomic mass is 10.0. The zero-order valence-electron chi connectivity index (χ0n) is 10.8.